The Hall–Kier alpha value is 5.07. The molecule has 0 aliphatic carbocycles. The first kappa shape index (κ1) is 77.6. The Morgan fingerprint density at radius 2 is 0.396 bits per heavy atom. The highest BCUT2D eigenvalue weighted by atomic mass is 24.3. The predicted octanol–water partition coefficient (Wildman–Crippen LogP) is 5.34. The van der Waals surface area contributed by atoms with Crippen LogP contribution in [-0.4, -0.2) is 207 Å². The predicted molar refractivity (Wildman–Crippen MR) is 243 cm³/mol. The largest absolute Gasteiger partial charge is 0.481 e. The molecule has 0 fully saturated rings. The smallest absolute Gasteiger partial charge is 0.316 e. The molecule has 0 rings (SSSR count). The number of rotatable bonds is 32. The van der Waals surface area contributed by atoms with Gasteiger partial charge in [-0.2, -0.15) is 0 Å². The molecule has 0 spiro atoms. The summed E-state index contributed by atoms with van der Waals surface area (Å²) >= 11 is 0. The fourth-order valence-electron chi connectivity index (χ4n) is 5.30. The van der Waals surface area contributed by atoms with E-state index in [0.717, 1.165) is 25.7 Å². The van der Waals surface area contributed by atoms with E-state index < -0.39 is 11.9 Å². The highest BCUT2D eigenvalue weighted by Crippen LogP contribution is 2.15. The SMILES string of the molecule is CCCCCCCCCCCCCCCCCC(=O)O.CCCCCCCCCCCCCCCCCC(=O)O.[MgH2].[MgH2].[MgH2].[MgH2].[MgH2].[MgH2].[MgH2].[MgH2]. The van der Waals surface area contributed by atoms with Crippen LogP contribution in [0.4, 0.5) is 0 Å². The van der Waals surface area contributed by atoms with Crippen molar-refractivity contribution in [3.63, 3.8) is 0 Å². The third-order valence-electron chi connectivity index (χ3n) is 7.99. The van der Waals surface area contributed by atoms with Crippen molar-refractivity contribution in [2.24, 2.45) is 0 Å². The minimum absolute atomic E-state index is 0. The maximum absolute atomic E-state index is 10.3. The summed E-state index contributed by atoms with van der Waals surface area (Å²) in [7, 11) is 0. The second-order valence-corrected chi connectivity index (χ2v) is 12.2. The van der Waals surface area contributed by atoms with Crippen molar-refractivity contribution in [2.45, 2.75) is 219 Å². The van der Waals surface area contributed by atoms with Gasteiger partial charge in [-0.3, -0.25) is 9.59 Å². The molecule has 0 saturated heterocycles. The Morgan fingerprint density at radius 1 is 0.271 bits per heavy atom. The van der Waals surface area contributed by atoms with Crippen LogP contribution >= 0.6 is 0 Å². The molecular weight excluding hydrogens is 691 g/mol. The van der Waals surface area contributed by atoms with Gasteiger partial charge in [-0.1, -0.05) is 194 Å². The lowest BCUT2D eigenvalue weighted by atomic mass is 10.0. The summed E-state index contributed by atoms with van der Waals surface area (Å²) in [4.78, 5) is 20.7. The zero-order chi connectivity index (χ0) is 29.8. The molecule has 0 aromatic carbocycles. The first-order valence-electron chi connectivity index (χ1n) is 18.0. The number of aliphatic carboxylic acids is 2. The second kappa shape index (κ2) is 73.2. The Labute approximate surface area is 429 Å². The Kier molecular flexibility index (Phi) is 118. The summed E-state index contributed by atoms with van der Waals surface area (Å²) in [5, 5.41) is 17.0. The number of carboxylic acids is 2. The topological polar surface area (TPSA) is 74.6 Å². The molecule has 12 heteroatoms. The van der Waals surface area contributed by atoms with Crippen molar-refractivity contribution in [3.8, 4) is 0 Å². The molecule has 0 amide bonds. The molecule has 0 aromatic heterocycles. The molecule has 272 valence electrons. The maximum atomic E-state index is 10.3. The molecule has 0 aliphatic rings. The van der Waals surface area contributed by atoms with Crippen molar-refractivity contribution in [1.82, 2.24) is 0 Å². The molecular formula is C36H88Mg8O4. The molecule has 0 unspecified atom stereocenters. The van der Waals surface area contributed by atoms with Crippen LogP contribution in [0.5, 0.6) is 0 Å². The van der Waals surface area contributed by atoms with Gasteiger partial charge in [-0.05, 0) is 12.8 Å². The van der Waals surface area contributed by atoms with E-state index in [2.05, 4.69) is 13.8 Å². The first-order valence-corrected chi connectivity index (χ1v) is 18.0. The van der Waals surface area contributed by atoms with Crippen molar-refractivity contribution in [3.05, 3.63) is 0 Å². The average Bonchev–Trinajstić information content (AvgIpc) is 2.93. The fraction of sp³-hybridized carbons (Fsp3) is 0.944. The van der Waals surface area contributed by atoms with E-state index in [-0.39, 0.29) is 184 Å². The lowest BCUT2D eigenvalue weighted by molar-refractivity contribution is -0.138. The van der Waals surface area contributed by atoms with E-state index in [0.29, 0.717) is 12.8 Å². The summed E-state index contributed by atoms with van der Waals surface area (Å²) in [5.74, 6) is -1.31. The van der Waals surface area contributed by atoms with E-state index in [1.165, 1.54) is 167 Å². The van der Waals surface area contributed by atoms with E-state index in [9.17, 15) is 9.59 Å². The number of hydrogen-bond donors (Lipinski definition) is 2. The van der Waals surface area contributed by atoms with Crippen LogP contribution in [-0.2, 0) is 9.59 Å². The normalized spacial score (nSPS) is 9.04. The minimum Gasteiger partial charge on any atom is -0.481 e. The van der Waals surface area contributed by atoms with Crippen LogP contribution in [0.1, 0.15) is 219 Å². The lowest BCUT2D eigenvalue weighted by Crippen LogP contribution is -1.93. The molecule has 0 atom stereocenters. The van der Waals surface area contributed by atoms with Crippen molar-refractivity contribution in [1.29, 1.82) is 0 Å². The van der Waals surface area contributed by atoms with Gasteiger partial charge in [-0.15, -0.1) is 0 Å². The van der Waals surface area contributed by atoms with Gasteiger partial charge in [0, 0.05) is 12.8 Å². The van der Waals surface area contributed by atoms with Crippen LogP contribution in [0.3, 0.4) is 0 Å². The maximum Gasteiger partial charge on any atom is 0.316 e. The van der Waals surface area contributed by atoms with Gasteiger partial charge in [0.15, 0.2) is 0 Å². The molecule has 0 radical (unpaired) electrons. The monoisotopic (exact) mass is 777 g/mol. The molecule has 2 N–H and O–H groups in total. The van der Waals surface area contributed by atoms with Crippen LogP contribution in [0.25, 0.3) is 0 Å². The van der Waals surface area contributed by atoms with Crippen molar-refractivity contribution in [2.75, 3.05) is 0 Å². The summed E-state index contributed by atoms with van der Waals surface area (Å²) < 4.78 is 0. The van der Waals surface area contributed by atoms with Crippen molar-refractivity contribution < 1.29 is 19.8 Å². The number of hydrogen-bond acceptors (Lipinski definition) is 2. The fourth-order valence-corrected chi connectivity index (χ4v) is 5.30. The van der Waals surface area contributed by atoms with Gasteiger partial charge in [-0.25, -0.2) is 0 Å². The van der Waals surface area contributed by atoms with Crippen LogP contribution in [0, 0.1) is 0 Å². The van der Waals surface area contributed by atoms with Crippen molar-refractivity contribution >= 4 is 196 Å². The van der Waals surface area contributed by atoms with Crippen LogP contribution in [0.15, 0.2) is 0 Å². The van der Waals surface area contributed by atoms with Gasteiger partial charge in [0.2, 0.25) is 0 Å². The average molecular weight is 780 g/mol. The van der Waals surface area contributed by atoms with E-state index >= 15 is 0 Å². The Morgan fingerprint density at radius 3 is 0.521 bits per heavy atom. The highest BCUT2D eigenvalue weighted by molar-refractivity contribution is 5.76. The van der Waals surface area contributed by atoms with Gasteiger partial charge >= 0.3 is 196 Å². The zero-order valence-electron chi connectivity index (χ0n) is 27.3. The van der Waals surface area contributed by atoms with E-state index in [1.807, 2.05) is 0 Å². The molecule has 0 saturated carbocycles. The summed E-state index contributed by atoms with van der Waals surface area (Å²) in [6.07, 6.45) is 40.4. The van der Waals surface area contributed by atoms with E-state index in [4.69, 9.17) is 10.2 Å². The molecule has 0 aliphatic heterocycles. The Balaban J connectivity index is -0.0000000645. The van der Waals surface area contributed by atoms with Crippen LogP contribution in [0.2, 0.25) is 0 Å². The third kappa shape index (κ3) is 83.9. The number of carboxylic acid groups (broad SMARTS) is 2. The summed E-state index contributed by atoms with van der Waals surface area (Å²) in [5.41, 5.74) is 0. The third-order valence-corrected chi connectivity index (χ3v) is 7.99. The van der Waals surface area contributed by atoms with Gasteiger partial charge in [0.05, 0.1) is 0 Å². The number of carbonyl (C=O) groups is 2. The highest BCUT2D eigenvalue weighted by Gasteiger charge is 1.98. The quantitative estimate of drug-likeness (QED) is 0.0716. The lowest BCUT2D eigenvalue weighted by Gasteiger charge is -2.03. The van der Waals surface area contributed by atoms with Crippen LogP contribution < -0.4 is 0 Å². The molecule has 48 heavy (non-hydrogen) atoms. The number of unbranched alkanes of at least 4 members (excludes halogenated alkanes) is 28. The zero-order valence-corrected chi connectivity index (χ0v) is 27.3. The summed E-state index contributed by atoms with van der Waals surface area (Å²) in [6, 6.07) is 0. The summed E-state index contributed by atoms with van der Waals surface area (Å²) in [6.45, 7) is 4.54. The first-order chi connectivity index (χ1) is 19.5. The van der Waals surface area contributed by atoms with Gasteiger partial charge in [0.25, 0.3) is 0 Å². The Bertz CT molecular complexity index is 478. The second-order valence-electron chi connectivity index (χ2n) is 12.2. The van der Waals surface area contributed by atoms with Gasteiger partial charge in [0.1, 0.15) is 0 Å². The standard InChI is InChI=1S/2C18H36O2.8Mg.16H/c2*1-2-3-4-5-6-7-8-9-10-11-12-13-14-15-16-17-18(19)20;;;;;;;;;;;;;;;;;;;;;;;;/h2*2-17H2,1H3,(H,19,20);;;;;;;;;;;;;;;;;;;;;;;;. The van der Waals surface area contributed by atoms with Gasteiger partial charge < -0.3 is 10.2 Å². The molecule has 0 heterocycles. The van der Waals surface area contributed by atoms with E-state index in [1.54, 1.807) is 0 Å². The molecule has 0 bridgehead atoms. The minimum atomic E-state index is -0.653. The molecule has 4 nitrogen and oxygen atoms in total. The molecule has 0 aromatic rings.